The van der Waals surface area contributed by atoms with E-state index in [1.807, 2.05) is 6.07 Å². The summed E-state index contributed by atoms with van der Waals surface area (Å²) in [7, 11) is 0. The fourth-order valence-electron chi connectivity index (χ4n) is 2.68. The van der Waals surface area contributed by atoms with Gasteiger partial charge in [0.15, 0.2) is 0 Å². The minimum absolute atomic E-state index is 0.536. The van der Waals surface area contributed by atoms with Crippen molar-refractivity contribution in [2.75, 3.05) is 26.2 Å². The van der Waals surface area contributed by atoms with Gasteiger partial charge in [0.2, 0.25) is 0 Å². The topological polar surface area (TPSA) is 15.3 Å². The molecule has 1 aliphatic rings. The van der Waals surface area contributed by atoms with Gasteiger partial charge in [-0.15, -0.1) is 0 Å². The fourth-order valence-corrected chi connectivity index (χ4v) is 2.91. The van der Waals surface area contributed by atoms with Crippen LogP contribution in [0, 0.1) is 6.92 Å². The molecule has 0 amide bonds. The maximum absolute atomic E-state index is 6.03. The highest BCUT2D eigenvalue weighted by atomic mass is 35.5. The molecule has 1 aliphatic heterocycles. The van der Waals surface area contributed by atoms with Crippen molar-refractivity contribution in [1.82, 2.24) is 10.2 Å². The van der Waals surface area contributed by atoms with Crippen molar-refractivity contribution in [2.24, 2.45) is 0 Å². The third-order valence-corrected chi connectivity index (χ3v) is 3.81. The SMILES string of the molecule is CCC(c1ccc(Cl)cc1C)N1CCNCC1. The third-order valence-electron chi connectivity index (χ3n) is 3.57. The lowest BCUT2D eigenvalue weighted by Gasteiger charge is -2.35. The molecule has 0 spiro atoms. The Morgan fingerprint density at radius 3 is 2.65 bits per heavy atom. The molecule has 94 valence electrons. The molecule has 17 heavy (non-hydrogen) atoms. The first kappa shape index (κ1) is 12.9. The van der Waals surface area contributed by atoms with Gasteiger partial charge in [0, 0.05) is 37.2 Å². The zero-order valence-corrected chi connectivity index (χ0v) is 11.4. The number of rotatable bonds is 3. The van der Waals surface area contributed by atoms with Crippen molar-refractivity contribution in [2.45, 2.75) is 26.3 Å². The Kier molecular flexibility index (Phi) is 4.43. The summed E-state index contributed by atoms with van der Waals surface area (Å²) in [4.78, 5) is 2.58. The van der Waals surface area contributed by atoms with Crippen molar-refractivity contribution in [3.05, 3.63) is 34.3 Å². The maximum atomic E-state index is 6.03. The molecule has 2 nitrogen and oxygen atoms in total. The average molecular weight is 253 g/mol. The van der Waals surface area contributed by atoms with Crippen LogP contribution in [0.25, 0.3) is 0 Å². The Morgan fingerprint density at radius 1 is 1.35 bits per heavy atom. The van der Waals surface area contributed by atoms with Crippen LogP contribution < -0.4 is 5.32 Å². The third kappa shape index (κ3) is 3.01. The molecular formula is C14H21ClN2. The molecule has 1 atom stereocenters. The molecule has 1 heterocycles. The van der Waals surface area contributed by atoms with Crippen LogP contribution in [0.2, 0.25) is 5.02 Å². The average Bonchev–Trinajstić information content (AvgIpc) is 2.34. The van der Waals surface area contributed by atoms with Gasteiger partial charge in [-0.2, -0.15) is 0 Å². The Balaban J connectivity index is 2.21. The van der Waals surface area contributed by atoms with Crippen LogP contribution in [0.1, 0.15) is 30.5 Å². The quantitative estimate of drug-likeness (QED) is 0.890. The molecule has 0 bridgehead atoms. The first-order valence-corrected chi connectivity index (χ1v) is 6.81. The highest BCUT2D eigenvalue weighted by Gasteiger charge is 2.21. The highest BCUT2D eigenvalue weighted by molar-refractivity contribution is 6.30. The van der Waals surface area contributed by atoms with Crippen molar-refractivity contribution in [3.63, 3.8) is 0 Å². The molecule has 3 heteroatoms. The van der Waals surface area contributed by atoms with Gasteiger partial charge in [0.05, 0.1) is 0 Å². The Labute approximate surface area is 109 Å². The van der Waals surface area contributed by atoms with Gasteiger partial charge in [0.1, 0.15) is 0 Å². The Hall–Kier alpha value is -0.570. The van der Waals surface area contributed by atoms with Crippen LogP contribution in [0.3, 0.4) is 0 Å². The minimum atomic E-state index is 0.536. The Morgan fingerprint density at radius 2 is 2.06 bits per heavy atom. The van der Waals surface area contributed by atoms with Crippen LogP contribution in [0.15, 0.2) is 18.2 Å². The van der Waals surface area contributed by atoms with Crippen LogP contribution in [-0.2, 0) is 0 Å². The van der Waals surface area contributed by atoms with E-state index in [1.165, 1.54) is 11.1 Å². The van der Waals surface area contributed by atoms with Crippen LogP contribution in [0.5, 0.6) is 0 Å². The number of nitrogens with zero attached hydrogens (tertiary/aromatic N) is 1. The van der Waals surface area contributed by atoms with Crippen molar-refractivity contribution in [1.29, 1.82) is 0 Å². The van der Waals surface area contributed by atoms with Crippen LogP contribution >= 0.6 is 11.6 Å². The Bertz CT molecular complexity index is 372. The lowest BCUT2D eigenvalue weighted by molar-refractivity contribution is 0.169. The van der Waals surface area contributed by atoms with E-state index in [0.717, 1.165) is 37.6 Å². The molecule has 1 unspecified atom stereocenters. The van der Waals surface area contributed by atoms with E-state index in [-0.39, 0.29) is 0 Å². The largest absolute Gasteiger partial charge is 0.314 e. The number of piperazine rings is 1. The van der Waals surface area contributed by atoms with Gasteiger partial charge in [-0.25, -0.2) is 0 Å². The predicted octanol–water partition coefficient (Wildman–Crippen LogP) is 3.00. The first-order valence-electron chi connectivity index (χ1n) is 6.43. The normalized spacial score (nSPS) is 19.2. The van der Waals surface area contributed by atoms with E-state index in [2.05, 4.69) is 36.2 Å². The molecule has 0 aliphatic carbocycles. The number of benzene rings is 1. The number of aryl methyl sites for hydroxylation is 1. The molecule has 1 N–H and O–H groups in total. The smallest absolute Gasteiger partial charge is 0.0408 e. The summed E-state index contributed by atoms with van der Waals surface area (Å²) in [6.07, 6.45) is 1.16. The summed E-state index contributed by atoms with van der Waals surface area (Å²) >= 11 is 6.03. The van der Waals surface area contributed by atoms with Gasteiger partial charge in [-0.3, -0.25) is 4.90 Å². The zero-order chi connectivity index (χ0) is 12.3. The molecule has 2 rings (SSSR count). The minimum Gasteiger partial charge on any atom is -0.314 e. The predicted molar refractivity (Wildman–Crippen MR) is 73.7 cm³/mol. The van der Waals surface area contributed by atoms with Gasteiger partial charge >= 0.3 is 0 Å². The molecular weight excluding hydrogens is 232 g/mol. The summed E-state index contributed by atoms with van der Waals surface area (Å²) in [6.45, 7) is 8.90. The van der Waals surface area contributed by atoms with Gasteiger partial charge in [0.25, 0.3) is 0 Å². The van der Waals surface area contributed by atoms with Crippen molar-refractivity contribution >= 4 is 11.6 Å². The number of nitrogens with one attached hydrogen (secondary N) is 1. The number of hydrogen-bond acceptors (Lipinski definition) is 2. The summed E-state index contributed by atoms with van der Waals surface area (Å²) in [5, 5.41) is 4.24. The second-order valence-corrected chi connectivity index (χ2v) is 5.15. The van der Waals surface area contributed by atoms with Crippen molar-refractivity contribution in [3.8, 4) is 0 Å². The fraction of sp³-hybridized carbons (Fsp3) is 0.571. The van der Waals surface area contributed by atoms with E-state index < -0.39 is 0 Å². The molecule has 1 saturated heterocycles. The monoisotopic (exact) mass is 252 g/mol. The lowest BCUT2D eigenvalue weighted by Crippen LogP contribution is -2.45. The summed E-state index contributed by atoms with van der Waals surface area (Å²) < 4.78 is 0. The maximum Gasteiger partial charge on any atom is 0.0408 e. The number of halogens is 1. The summed E-state index contributed by atoms with van der Waals surface area (Å²) in [5.41, 5.74) is 2.74. The molecule has 1 fully saturated rings. The van der Waals surface area contributed by atoms with Crippen molar-refractivity contribution < 1.29 is 0 Å². The van der Waals surface area contributed by atoms with E-state index in [4.69, 9.17) is 11.6 Å². The standard InChI is InChI=1S/C14H21ClN2/c1-3-14(17-8-6-16-7-9-17)13-5-4-12(15)10-11(13)2/h4-5,10,14,16H,3,6-9H2,1-2H3. The van der Waals surface area contributed by atoms with E-state index in [1.54, 1.807) is 0 Å². The van der Waals surface area contributed by atoms with Crippen LogP contribution in [0.4, 0.5) is 0 Å². The lowest BCUT2D eigenvalue weighted by atomic mass is 9.97. The second kappa shape index (κ2) is 5.85. The second-order valence-electron chi connectivity index (χ2n) is 4.71. The molecule has 0 aromatic heterocycles. The molecule has 0 radical (unpaired) electrons. The molecule has 1 aromatic rings. The highest BCUT2D eigenvalue weighted by Crippen LogP contribution is 2.28. The van der Waals surface area contributed by atoms with Gasteiger partial charge < -0.3 is 5.32 Å². The molecule has 1 aromatic carbocycles. The first-order chi connectivity index (χ1) is 8.22. The van der Waals surface area contributed by atoms with E-state index >= 15 is 0 Å². The summed E-state index contributed by atoms with van der Waals surface area (Å²) in [5.74, 6) is 0. The van der Waals surface area contributed by atoms with E-state index in [0.29, 0.717) is 6.04 Å². The summed E-state index contributed by atoms with van der Waals surface area (Å²) in [6, 6.07) is 6.80. The zero-order valence-electron chi connectivity index (χ0n) is 10.7. The molecule has 0 saturated carbocycles. The van der Waals surface area contributed by atoms with Crippen LogP contribution in [-0.4, -0.2) is 31.1 Å². The van der Waals surface area contributed by atoms with E-state index in [9.17, 15) is 0 Å². The van der Waals surface area contributed by atoms with Gasteiger partial charge in [-0.05, 0) is 36.6 Å². The number of hydrogen-bond donors (Lipinski definition) is 1. The van der Waals surface area contributed by atoms with Gasteiger partial charge in [-0.1, -0.05) is 24.6 Å².